The molecule has 0 atom stereocenters. The average molecular weight is 319 g/mol. The monoisotopic (exact) mass is 318 g/mol. The van der Waals surface area contributed by atoms with Gasteiger partial charge in [-0.15, -0.1) is 0 Å². The molecule has 0 spiro atoms. The molecule has 2 N–H and O–H groups in total. The number of nitrogens with zero attached hydrogens (tertiary/aromatic N) is 1. The number of halogens is 1. The molecule has 1 aromatic rings. The third-order valence-electron chi connectivity index (χ3n) is 2.28. The first kappa shape index (κ1) is 14.9. The Labute approximate surface area is 113 Å². The highest BCUT2D eigenvalue weighted by atomic mass is 79.9. The number of anilines is 1. The second-order valence-electron chi connectivity index (χ2n) is 3.64. The van der Waals surface area contributed by atoms with Gasteiger partial charge in [0.2, 0.25) is 0 Å². The highest BCUT2D eigenvalue weighted by molar-refractivity contribution is 9.10. The molecule has 0 heterocycles. The lowest BCUT2D eigenvalue weighted by atomic mass is 10.2. The van der Waals surface area contributed by atoms with Gasteiger partial charge in [-0.2, -0.15) is 0 Å². The largest absolute Gasteiger partial charge is 0.394 e. The van der Waals surface area contributed by atoms with Gasteiger partial charge in [-0.1, -0.05) is 0 Å². The van der Waals surface area contributed by atoms with Gasteiger partial charge in [-0.25, -0.2) is 0 Å². The molecule has 0 radical (unpaired) electrons. The third kappa shape index (κ3) is 4.25. The fourth-order valence-electron chi connectivity index (χ4n) is 1.43. The van der Waals surface area contributed by atoms with Crippen molar-refractivity contribution in [3.8, 4) is 0 Å². The van der Waals surface area contributed by atoms with Gasteiger partial charge < -0.3 is 15.2 Å². The number of benzene rings is 1. The Hall–Kier alpha value is -1.18. The lowest BCUT2D eigenvalue weighted by Gasteiger charge is -2.10. The molecule has 0 saturated carbocycles. The fourth-order valence-corrected chi connectivity index (χ4v) is 1.90. The summed E-state index contributed by atoms with van der Waals surface area (Å²) in [5, 5.41) is 22.4. The molecule has 0 aliphatic carbocycles. The van der Waals surface area contributed by atoms with Crippen molar-refractivity contribution in [2.24, 2.45) is 0 Å². The Morgan fingerprint density at radius 3 is 2.83 bits per heavy atom. The summed E-state index contributed by atoms with van der Waals surface area (Å²) in [7, 11) is 0. The molecular weight excluding hydrogens is 304 g/mol. The second-order valence-corrected chi connectivity index (χ2v) is 4.49. The van der Waals surface area contributed by atoms with E-state index in [0.717, 1.165) is 5.69 Å². The normalized spacial score (nSPS) is 10.4. The molecule has 6 nitrogen and oxygen atoms in total. The molecule has 0 unspecified atom stereocenters. The second kappa shape index (κ2) is 7.30. The van der Waals surface area contributed by atoms with Gasteiger partial charge >= 0.3 is 0 Å². The summed E-state index contributed by atoms with van der Waals surface area (Å²) >= 11 is 3.28. The van der Waals surface area contributed by atoms with E-state index in [1.165, 1.54) is 6.07 Å². The number of aryl methyl sites for hydroxylation is 1. The van der Waals surface area contributed by atoms with Crippen LogP contribution in [-0.4, -0.2) is 36.4 Å². The molecule has 0 aliphatic rings. The van der Waals surface area contributed by atoms with Crippen LogP contribution in [0.1, 0.15) is 5.56 Å². The van der Waals surface area contributed by atoms with Crippen LogP contribution in [0, 0.1) is 17.0 Å². The van der Waals surface area contributed by atoms with Crippen LogP contribution in [0.3, 0.4) is 0 Å². The number of nitro benzene ring substituents is 1. The van der Waals surface area contributed by atoms with Crippen LogP contribution < -0.4 is 5.32 Å². The van der Waals surface area contributed by atoms with E-state index in [4.69, 9.17) is 9.84 Å². The fraction of sp³-hybridized carbons (Fsp3) is 0.455. The van der Waals surface area contributed by atoms with Crippen LogP contribution in [0.25, 0.3) is 0 Å². The number of hydrogen-bond donors (Lipinski definition) is 2. The van der Waals surface area contributed by atoms with E-state index in [9.17, 15) is 10.1 Å². The minimum Gasteiger partial charge on any atom is -0.394 e. The van der Waals surface area contributed by atoms with Gasteiger partial charge in [0.15, 0.2) is 0 Å². The van der Waals surface area contributed by atoms with Gasteiger partial charge in [0.05, 0.1) is 24.7 Å². The number of nitro groups is 1. The van der Waals surface area contributed by atoms with Crippen LogP contribution in [0.4, 0.5) is 11.4 Å². The topological polar surface area (TPSA) is 84.6 Å². The standard InChI is InChI=1S/C11H15BrN2O4/c1-8-6-10(13-2-4-18-5-3-15)9(12)7-11(8)14(16)17/h6-7,13,15H,2-5H2,1H3. The number of hydrogen-bond acceptors (Lipinski definition) is 5. The number of aliphatic hydroxyl groups is 1. The molecule has 1 aromatic carbocycles. The molecule has 0 saturated heterocycles. The highest BCUT2D eigenvalue weighted by Crippen LogP contribution is 2.30. The van der Waals surface area contributed by atoms with Crippen molar-refractivity contribution >= 4 is 27.3 Å². The molecule has 18 heavy (non-hydrogen) atoms. The quantitative estimate of drug-likeness (QED) is 0.457. The van der Waals surface area contributed by atoms with Crippen molar-refractivity contribution in [2.75, 3.05) is 31.7 Å². The molecule has 0 aliphatic heterocycles. The van der Waals surface area contributed by atoms with E-state index in [-0.39, 0.29) is 12.3 Å². The molecular formula is C11H15BrN2O4. The zero-order chi connectivity index (χ0) is 13.5. The maximum Gasteiger partial charge on any atom is 0.273 e. The highest BCUT2D eigenvalue weighted by Gasteiger charge is 2.13. The minimum absolute atomic E-state index is 0.000332. The third-order valence-corrected chi connectivity index (χ3v) is 2.94. The number of nitrogens with one attached hydrogen (secondary N) is 1. The van der Waals surface area contributed by atoms with Crippen molar-refractivity contribution in [3.05, 3.63) is 32.3 Å². The van der Waals surface area contributed by atoms with E-state index in [0.29, 0.717) is 29.8 Å². The lowest BCUT2D eigenvalue weighted by Crippen LogP contribution is -2.11. The lowest BCUT2D eigenvalue weighted by molar-refractivity contribution is -0.385. The first-order chi connectivity index (χ1) is 8.56. The Kier molecular flexibility index (Phi) is 6.03. The van der Waals surface area contributed by atoms with Gasteiger partial charge in [-0.05, 0) is 28.9 Å². The average Bonchev–Trinajstić information content (AvgIpc) is 2.32. The molecule has 7 heteroatoms. The van der Waals surface area contributed by atoms with Gasteiger partial charge in [-0.3, -0.25) is 10.1 Å². The number of rotatable bonds is 7. The van der Waals surface area contributed by atoms with Crippen molar-refractivity contribution in [1.29, 1.82) is 0 Å². The summed E-state index contributed by atoms with van der Waals surface area (Å²) in [5.41, 5.74) is 1.47. The summed E-state index contributed by atoms with van der Waals surface area (Å²) in [4.78, 5) is 10.3. The van der Waals surface area contributed by atoms with Crippen LogP contribution in [0.5, 0.6) is 0 Å². The summed E-state index contributed by atoms with van der Waals surface area (Å²) in [6.07, 6.45) is 0. The van der Waals surface area contributed by atoms with Crippen molar-refractivity contribution in [3.63, 3.8) is 0 Å². The zero-order valence-corrected chi connectivity index (χ0v) is 11.6. The maximum atomic E-state index is 10.7. The molecule has 0 amide bonds. The van der Waals surface area contributed by atoms with E-state index >= 15 is 0 Å². The first-order valence-electron chi connectivity index (χ1n) is 5.43. The van der Waals surface area contributed by atoms with E-state index in [2.05, 4.69) is 21.2 Å². The first-order valence-corrected chi connectivity index (χ1v) is 6.22. The predicted octanol–water partition coefficient (Wildman–Crippen LogP) is 2.09. The molecule has 100 valence electrons. The zero-order valence-electron chi connectivity index (χ0n) is 9.98. The maximum absolute atomic E-state index is 10.7. The Bertz CT molecular complexity index is 426. The summed E-state index contributed by atoms with van der Waals surface area (Å²) in [5.74, 6) is 0. The SMILES string of the molecule is Cc1cc(NCCOCCO)c(Br)cc1[N+](=O)[O-]. The summed E-state index contributed by atoms with van der Waals surface area (Å²) in [6, 6.07) is 3.19. The van der Waals surface area contributed by atoms with Crippen LogP contribution in [0.15, 0.2) is 16.6 Å². The van der Waals surface area contributed by atoms with E-state index in [1.807, 2.05) is 0 Å². The Morgan fingerprint density at radius 2 is 2.22 bits per heavy atom. The number of ether oxygens (including phenoxy) is 1. The number of aliphatic hydroxyl groups excluding tert-OH is 1. The van der Waals surface area contributed by atoms with Gasteiger partial charge in [0.25, 0.3) is 5.69 Å². The smallest absolute Gasteiger partial charge is 0.273 e. The Balaban J connectivity index is 2.62. The molecule has 0 bridgehead atoms. The van der Waals surface area contributed by atoms with Crippen LogP contribution >= 0.6 is 15.9 Å². The van der Waals surface area contributed by atoms with Crippen LogP contribution in [0.2, 0.25) is 0 Å². The van der Waals surface area contributed by atoms with Crippen molar-refractivity contribution in [2.45, 2.75) is 6.92 Å². The van der Waals surface area contributed by atoms with Crippen LogP contribution in [-0.2, 0) is 4.74 Å². The van der Waals surface area contributed by atoms with Crippen molar-refractivity contribution in [1.82, 2.24) is 0 Å². The minimum atomic E-state index is -0.408. The van der Waals surface area contributed by atoms with Crippen molar-refractivity contribution < 1.29 is 14.8 Å². The van der Waals surface area contributed by atoms with Gasteiger partial charge in [0, 0.05) is 28.3 Å². The van der Waals surface area contributed by atoms with E-state index < -0.39 is 4.92 Å². The predicted molar refractivity (Wildman–Crippen MR) is 71.9 cm³/mol. The molecule has 0 aromatic heterocycles. The summed E-state index contributed by atoms with van der Waals surface area (Å²) < 4.78 is 5.74. The van der Waals surface area contributed by atoms with Gasteiger partial charge in [0.1, 0.15) is 0 Å². The Morgan fingerprint density at radius 1 is 1.50 bits per heavy atom. The van der Waals surface area contributed by atoms with E-state index in [1.54, 1.807) is 13.0 Å². The summed E-state index contributed by atoms with van der Waals surface area (Å²) in [6.45, 7) is 3.03. The molecule has 1 rings (SSSR count). The molecule has 0 fully saturated rings.